The maximum Gasteiger partial charge on any atom is 0.222 e. The van der Waals surface area contributed by atoms with Gasteiger partial charge in [0.25, 0.3) is 0 Å². The van der Waals surface area contributed by atoms with Gasteiger partial charge in [-0.1, -0.05) is 48.5 Å². The molecule has 0 heterocycles. The number of nitrogens with zero attached hydrogens (tertiary/aromatic N) is 1. The van der Waals surface area contributed by atoms with E-state index >= 15 is 0 Å². The van der Waals surface area contributed by atoms with Crippen molar-refractivity contribution in [3.8, 4) is 0 Å². The molecule has 4 rings (SSSR count). The van der Waals surface area contributed by atoms with Crippen LogP contribution in [0.5, 0.6) is 0 Å². The van der Waals surface area contributed by atoms with Crippen LogP contribution in [0.3, 0.4) is 0 Å². The lowest BCUT2D eigenvalue weighted by Gasteiger charge is -2.45. The molecule has 0 spiro atoms. The van der Waals surface area contributed by atoms with E-state index in [0.29, 0.717) is 6.42 Å². The second kappa shape index (κ2) is 6.27. The summed E-state index contributed by atoms with van der Waals surface area (Å²) in [6.07, 6.45) is 3.42. The largest absolute Gasteiger partial charge is 0.330 e. The van der Waals surface area contributed by atoms with Crippen molar-refractivity contribution < 1.29 is 9.59 Å². The SMILES string of the molecule is CC(=O)N[C@@]1(N(C(C)=O)C2CCc3ccccc32)CCc2ccccc21. The van der Waals surface area contributed by atoms with E-state index in [-0.39, 0.29) is 17.9 Å². The molecule has 2 aliphatic rings. The number of nitrogens with one attached hydrogen (secondary N) is 1. The van der Waals surface area contributed by atoms with Gasteiger partial charge in [0.1, 0.15) is 5.66 Å². The van der Waals surface area contributed by atoms with Crippen molar-refractivity contribution in [1.82, 2.24) is 10.2 Å². The quantitative estimate of drug-likeness (QED) is 0.864. The fourth-order valence-corrected chi connectivity index (χ4v) is 4.88. The third-order valence-corrected chi connectivity index (χ3v) is 5.77. The molecule has 0 fully saturated rings. The van der Waals surface area contributed by atoms with Crippen molar-refractivity contribution in [2.45, 2.75) is 51.2 Å². The topological polar surface area (TPSA) is 49.4 Å². The van der Waals surface area contributed by atoms with Gasteiger partial charge < -0.3 is 10.2 Å². The Morgan fingerprint density at radius 2 is 1.69 bits per heavy atom. The molecule has 4 nitrogen and oxygen atoms in total. The molecule has 4 heteroatoms. The first-order valence-corrected chi connectivity index (χ1v) is 9.28. The summed E-state index contributed by atoms with van der Waals surface area (Å²) in [6.45, 7) is 3.15. The van der Waals surface area contributed by atoms with Gasteiger partial charge in [0, 0.05) is 19.4 Å². The van der Waals surface area contributed by atoms with Crippen molar-refractivity contribution in [1.29, 1.82) is 0 Å². The summed E-state index contributed by atoms with van der Waals surface area (Å²) in [6, 6.07) is 16.5. The van der Waals surface area contributed by atoms with Gasteiger partial charge in [-0.2, -0.15) is 0 Å². The summed E-state index contributed by atoms with van der Waals surface area (Å²) in [4.78, 5) is 27.0. The van der Waals surface area contributed by atoms with Crippen LogP contribution >= 0.6 is 0 Å². The van der Waals surface area contributed by atoms with Crippen LogP contribution < -0.4 is 5.32 Å². The molecule has 0 radical (unpaired) electrons. The number of aryl methyl sites for hydroxylation is 2. The second-order valence-corrected chi connectivity index (χ2v) is 7.34. The smallest absolute Gasteiger partial charge is 0.222 e. The Kier molecular flexibility index (Phi) is 4.06. The molecule has 0 saturated carbocycles. The molecule has 0 bridgehead atoms. The van der Waals surface area contributed by atoms with E-state index in [2.05, 4.69) is 29.6 Å². The number of hydrogen-bond acceptors (Lipinski definition) is 2. The molecule has 2 amide bonds. The number of carbonyl (C=O) groups is 2. The van der Waals surface area contributed by atoms with E-state index < -0.39 is 5.66 Å². The van der Waals surface area contributed by atoms with Gasteiger partial charge in [-0.15, -0.1) is 0 Å². The van der Waals surface area contributed by atoms with Crippen LogP contribution in [0.1, 0.15) is 55.0 Å². The van der Waals surface area contributed by atoms with E-state index in [1.165, 1.54) is 23.6 Å². The highest BCUT2D eigenvalue weighted by Crippen LogP contribution is 2.47. The van der Waals surface area contributed by atoms with Crippen LogP contribution in [0.4, 0.5) is 0 Å². The first-order valence-electron chi connectivity index (χ1n) is 9.28. The summed E-state index contributed by atoms with van der Waals surface area (Å²) in [5.74, 6) is -0.114. The molecule has 0 aliphatic heterocycles. The lowest BCUT2D eigenvalue weighted by Crippen LogP contribution is -2.58. The summed E-state index contributed by atoms with van der Waals surface area (Å²) in [5, 5.41) is 3.17. The predicted molar refractivity (Wildman–Crippen MR) is 100 cm³/mol. The van der Waals surface area contributed by atoms with Gasteiger partial charge in [0.15, 0.2) is 0 Å². The number of carbonyl (C=O) groups excluding carboxylic acids is 2. The predicted octanol–water partition coefficient (Wildman–Crippen LogP) is 3.46. The van der Waals surface area contributed by atoms with Crippen LogP contribution in [0, 0.1) is 0 Å². The Morgan fingerprint density at radius 1 is 1.00 bits per heavy atom. The van der Waals surface area contributed by atoms with Gasteiger partial charge in [0.05, 0.1) is 6.04 Å². The Bertz CT molecular complexity index is 876. The average Bonchev–Trinajstić information content (AvgIpc) is 3.18. The fraction of sp³-hybridized carbons (Fsp3) is 0.364. The highest BCUT2D eigenvalue weighted by Gasteiger charge is 2.49. The number of amides is 2. The molecule has 1 unspecified atom stereocenters. The number of benzene rings is 2. The molecule has 26 heavy (non-hydrogen) atoms. The Balaban J connectivity index is 1.87. The number of hydrogen-bond donors (Lipinski definition) is 1. The van der Waals surface area contributed by atoms with Crippen LogP contribution in [0.25, 0.3) is 0 Å². The Labute approximate surface area is 154 Å². The van der Waals surface area contributed by atoms with Gasteiger partial charge in [-0.3, -0.25) is 9.59 Å². The third kappa shape index (κ3) is 2.52. The highest BCUT2D eigenvalue weighted by molar-refractivity contribution is 5.79. The minimum absolute atomic E-state index is 0.00263. The Hall–Kier alpha value is -2.62. The summed E-state index contributed by atoms with van der Waals surface area (Å²) >= 11 is 0. The van der Waals surface area contributed by atoms with Gasteiger partial charge >= 0.3 is 0 Å². The summed E-state index contributed by atoms with van der Waals surface area (Å²) < 4.78 is 0. The summed E-state index contributed by atoms with van der Waals surface area (Å²) in [5.41, 5.74) is 3.99. The lowest BCUT2D eigenvalue weighted by atomic mass is 9.94. The molecule has 2 atom stereocenters. The highest BCUT2D eigenvalue weighted by atomic mass is 16.2. The van der Waals surface area contributed by atoms with Crippen molar-refractivity contribution in [2.24, 2.45) is 0 Å². The maximum atomic E-state index is 12.9. The average molecular weight is 348 g/mol. The van der Waals surface area contributed by atoms with Gasteiger partial charge in [-0.25, -0.2) is 0 Å². The van der Waals surface area contributed by atoms with E-state index in [1.807, 2.05) is 29.2 Å². The minimum Gasteiger partial charge on any atom is -0.330 e. The molecule has 2 aliphatic carbocycles. The Morgan fingerprint density at radius 3 is 2.42 bits per heavy atom. The molecule has 2 aromatic carbocycles. The molecular weight excluding hydrogens is 324 g/mol. The van der Waals surface area contributed by atoms with Crippen molar-refractivity contribution >= 4 is 11.8 Å². The monoisotopic (exact) mass is 348 g/mol. The van der Waals surface area contributed by atoms with Crippen LogP contribution in [-0.4, -0.2) is 16.7 Å². The molecule has 1 N–H and O–H groups in total. The zero-order valence-electron chi connectivity index (χ0n) is 15.3. The molecule has 134 valence electrons. The van der Waals surface area contributed by atoms with Gasteiger partial charge in [0.2, 0.25) is 11.8 Å². The molecular formula is C22H24N2O2. The molecule has 2 aromatic rings. The zero-order chi connectivity index (χ0) is 18.3. The van der Waals surface area contributed by atoms with Crippen LogP contribution in [-0.2, 0) is 28.1 Å². The zero-order valence-corrected chi connectivity index (χ0v) is 15.3. The van der Waals surface area contributed by atoms with Gasteiger partial charge in [-0.05, 0) is 42.4 Å². The molecule has 0 saturated heterocycles. The first kappa shape index (κ1) is 16.8. The number of rotatable bonds is 3. The second-order valence-electron chi connectivity index (χ2n) is 7.34. The fourth-order valence-electron chi connectivity index (χ4n) is 4.88. The van der Waals surface area contributed by atoms with Crippen molar-refractivity contribution in [3.05, 3.63) is 70.8 Å². The van der Waals surface area contributed by atoms with Crippen molar-refractivity contribution in [3.63, 3.8) is 0 Å². The normalized spacial score (nSPS) is 23.2. The maximum absolute atomic E-state index is 12.9. The van der Waals surface area contributed by atoms with Crippen LogP contribution in [0.15, 0.2) is 48.5 Å². The molecule has 0 aromatic heterocycles. The lowest BCUT2D eigenvalue weighted by molar-refractivity contribution is -0.144. The van der Waals surface area contributed by atoms with E-state index in [4.69, 9.17) is 0 Å². The standard InChI is InChI=1S/C22H24N2O2/c1-15(25)23-22(14-13-18-8-4-6-10-20(18)22)24(16(2)26)21-12-11-17-7-3-5-9-19(17)21/h3-10,21H,11-14H2,1-2H3,(H,23,25)/t21?,22-/m1/s1. The third-order valence-electron chi connectivity index (χ3n) is 5.77. The van der Waals surface area contributed by atoms with E-state index in [1.54, 1.807) is 6.92 Å². The van der Waals surface area contributed by atoms with Crippen LogP contribution in [0.2, 0.25) is 0 Å². The van der Waals surface area contributed by atoms with E-state index in [0.717, 1.165) is 24.8 Å². The number of fused-ring (bicyclic) bond motifs is 2. The van der Waals surface area contributed by atoms with E-state index in [9.17, 15) is 9.59 Å². The summed E-state index contributed by atoms with van der Waals surface area (Å²) in [7, 11) is 0. The first-order chi connectivity index (χ1) is 12.5. The van der Waals surface area contributed by atoms with Crippen molar-refractivity contribution in [2.75, 3.05) is 0 Å². The minimum atomic E-state index is -0.767.